The van der Waals surface area contributed by atoms with Crippen molar-refractivity contribution in [3.63, 3.8) is 0 Å². The number of ether oxygens (including phenoxy) is 1. The number of phenolic OH excluding ortho intramolecular Hbond substituents is 1. The Morgan fingerprint density at radius 3 is 2.73 bits per heavy atom. The van der Waals surface area contributed by atoms with E-state index in [1.54, 1.807) is 26.0 Å². The molecule has 0 radical (unpaired) electrons. The largest absolute Gasteiger partial charge is 0.503 e. The Bertz CT molecular complexity index is 840. The smallest absolute Gasteiger partial charge is 0.266 e. The van der Waals surface area contributed by atoms with Crippen LogP contribution >= 0.6 is 27.5 Å². The van der Waals surface area contributed by atoms with Gasteiger partial charge in [-0.05, 0) is 41.9 Å². The van der Waals surface area contributed by atoms with Crippen molar-refractivity contribution in [3.05, 3.63) is 43.2 Å². The summed E-state index contributed by atoms with van der Waals surface area (Å²) >= 11 is 9.40. The molecule has 0 aliphatic heterocycles. The van der Waals surface area contributed by atoms with Crippen LogP contribution in [-0.2, 0) is 0 Å². The van der Waals surface area contributed by atoms with E-state index in [4.69, 9.17) is 16.3 Å². The molecule has 0 bridgehead atoms. The molecule has 0 atom stereocenters. The van der Waals surface area contributed by atoms with Crippen LogP contribution in [0.15, 0.2) is 21.4 Å². The number of phenols is 1. The Morgan fingerprint density at radius 1 is 1.45 bits per heavy atom. The van der Waals surface area contributed by atoms with Gasteiger partial charge in [-0.3, -0.25) is 4.79 Å². The lowest BCUT2D eigenvalue weighted by molar-refractivity contribution is 0.318. The van der Waals surface area contributed by atoms with E-state index in [2.05, 4.69) is 20.9 Å². The number of aryl methyl sites for hydroxylation is 1. The van der Waals surface area contributed by atoms with E-state index in [9.17, 15) is 15.2 Å². The molecule has 0 saturated carbocycles. The number of nitrogens with one attached hydrogen (secondary N) is 1. The number of nitriles is 1. The van der Waals surface area contributed by atoms with Crippen molar-refractivity contribution in [1.29, 1.82) is 5.26 Å². The molecule has 7 heteroatoms. The Kier molecular flexibility index (Phi) is 4.79. The van der Waals surface area contributed by atoms with Crippen LogP contribution in [0.3, 0.4) is 0 Å². The Labute approximate surface area is 140 Å². The highest BCUT2D eigenvalue weighted by Crippen LogP contribution is 2.45. The fourth-order valence-corrected chi connectivity index (χ4v) is 2.78. The number of benzene rings is 1. The zero-order valence-electron chi connectivity index (χ0n) is 11.8. The lowest BCUT2D eigenvalue weighted by atomic mass is 10.0. The number of nitrogens with zero attached hydrogens (tertiary/aromatic N) is 1. The minimum Gasteiger partial charge on any atom is -0.503 e. The summed E-state index contributed by atoms with van der Waals surface area (Å²) in [6.45, 7) is 3.82. The van der Waals surface area contributed by atoms with Gasteiger partial charge in [0.15, 0.2) is 11.5 Å². The van der Waals surface area contributed by atoms with Crippen LogP contribution in [0.2, 0.25) is 5.02 Å². The SMILES string of the molecule is CCOc1cc(-c2cc(C)[nH]c(=O)c2C#N)c(Br)c(Cl)c1O. The lowest BCUT2D eigenvalue weighted by Crippen LogP contribution is -2.13. The molecule has 0 fully saturated rings. The molecule has 2 aromatic rings. The summed E-state index contributed by atoms with van der Waals surface area (Å²) < 4.78 is 5.73. The van der Waals surface area contributed by atoms with Gasteiger partial charge >= 0.3 is 0 Å². The number of rotatable bonds is 3. The van der Waals surface area contributed by atoms with Gasteiger partial charge in [-0.1, -0.05) is 11.6 Å². The van der Waals surface area contributed by atoms with Gasteiger partial charge in [0.1, 0.15) is 16.7 Å². The minimum atomic E-state index is -0.480. The highest BCUT2D eigenvalue weighted by molar-refractivity contribution is 9.10. The molecule has 114 valence electrons. The first-order valence-corrected chi connectivity index (χ1v) is 7.55. The van der Waals surface area contributed by atoms with Crippen molar-refractivity contribution >= 4 is 27.5 Å². The number of aromatic amines is 1. The Hall–Kier alpha value is -1.97. The zero-order chi connectivity index (χ0) is 16.4. The van der Waals surface area contributed by atoms with Crippen LogP contribution in [0.4, 0.5) is 0 Å². The van der Waals surface area contributed by atoms with Gasteiger partial charge in [0.25, 0.3) is 5.56 Å². The van der Waals surface area contributed by atoms with Crippen molar-refractivity contribution in [2.45, 2.75) is 13.8 Å². The normalized spacial score (nSPS) is 10.3. The average molecular weight is 384 g/mol. The van der Waals surface area contributed by atoms with Gasteiger partial charge in [-0.15, -0.1) is 0 Å². The maximum absolute atomic E-state index is 11.9. The molecular formula is C15H12BrClN2O3. The number of H-pyrrole nitrogens is 1. The average Bonchev–Trinajstić information content (AvgIpc) is 2.47. The molecule has 2 rings (SSSR count). The highest BCUT2D eigenvalue weighted by Gasteiger charge is 2.20. The first-order chi connectivity index (χ1) is 10.4. The van der Waals surface area contributed by atoms with Gasteiger partial charge in [-0.2, -0.15) is 5.26 Å². The number of aromatic hydroxyl groups is 1. The molecule has 1 aromatic heterocycles. The second kappa shape index (κ2) is 6.42. The predicted octanol–water partition coefficient (Wildman–Crippen LogP) is 3.74. The van der Waals surface area contributed by atoms with Gasteiger partial charge in [0, 0.05) is 21.3 Å². The van der Waals surface area contributed by atoms with E-state index in [1.807, 2.05) is 6.07 Å². The van der Waals surface area contributed by atoms with Crippen LogP contribution in [0.25, 0.3) is 11.1 Å². The summed E-state index contributed by atoms with van der Waals surface area (Å²) in [7, 11) is 0. The third-order valence-corrected chi connectivity index (χ3v) is 4.44. The number of aromatic nitrogens is 1. The highest BCUT2D eigenvalue weighted by atomic mass is 79.9. The van der Waals surface area contributed by atoms with E-state index in [0.717, 1.165) is 0 Å². The topological polar surface area (TPSA) is 86.1 Å². The van der Waals surface area contributed by atoms with Gasteiger partial charge in [-0.25, -0.2) is 0 Å². The molecule has 0 saturated heterocycles. The molecule has 0 aliphatic carbocycles. The third-order valence-electron chi connectivity index (χ3n) is 3.02. The van der Waals surface area contributed by atoms with Crippen molar-refractivity contribution < 1.29 is 9.84 Å². The van der Waals surface area contributed by atoms with Gasteiger partial charge < -0.3 is 14.8 Å². The molecule has 1 aromatic carbocycles. The number of halogens is 2. The molecule has 5 nitrogen and oxygen atoms in total. The fourth-order valence-electron chi connectivity index (χ4n) is 2.07. The summed E-state index contributed by atoms with van der Waals surface area (Å²) in [5.41, 5.74) is 1.01. The van der Waals surface area contributed by atoms with E-state index in [-0.39, 0.29) is 22.1 Å². The predicted molar refractivity (Wildman–Crippen MR) is 87.5 cm³/mol. The second-order valence-corrected chi connectivity index (χ2v) is 5.68. The molecule has 1 heterocycles. The second-order valence-electron chi connectivity index (χ2n) is 4.51. The third kappa shape index (κ3) is 2.82. The van der Waals surface area contributed by atoms with Crippen LogP contribution < -0.4 is 10.3 Å². The maximum atomic E-state index is 11.9. The summed E-state index contributed by atoms with van der Waals surface area (Å²) in [6, 6.07) is 5.11. The van der Waals surface area contributed by atoms with Gasteiger partial charge in [0.2, 0.25) is 0 Å². The lowest BCUT2D eigenvalue weighted by Gasteiger charge is -2.14. The number of pyridine rings is 1. The van der Waals surface area contributed by atoms with Crippen molar-refractivity contribution in [2.75, 3.05) is 6.61 Å². The summed E-state index contributed by atoms with van der Waals surface area (Å²) in [5, 5.41) is 19.3. The summed E-state index contributed by atoms with van der Waals surface area (Å²) in [4.78, 5) is 14.5. The van der Waals surface area contributed by atoms with E-state index in [1.165, 1.54) is 0 Å². The summed E-state index contributed by atoms with van der Waals surface area (Å²) in [5.74, 6) is -0.00765. The molecule has 2 N–H and O–H groups in total. The van der Waals surface area contributed by atoms with Crippen molar-refractivity contribution in [2.24, 2.45) is 0 Å². The molecule has 0 spiro atoms. The summed E-state index contributed by atoms with van der Waals surface area (Å²) in [6.07, 6.45) is 0. The first-order valence-electron chi connectivity index (χ1n) is 6.38. The Balaban J connectivity index is 2.84. The zero-order valence-corrected chi connectivity index (χ0v) is 14.2. The molecular weight excluding hydrogens is 372 g/mol. The van der Waals surface area contributed by atoms with E-state index >= 15 is 0 Å². The molecule has 0 amide bonds. The molecule has 22 heavy (non-hydrogen) atoms. The Morgan fingerprint density at radius 2 is 2.14 bits per heavy atom. The monoisotopic (exact) mass is 382 g/mol. The minimum absolute atomic E-state index is 0.0319. The number of hydrogen-bond acceptors (Lipinski definition) is 4. The van der Waals surface area contributed by atoms with Crippen molar-refractivity contribution in [3.8, 4) is 28.7 Å². The van der Waals surface area contributed by atoms with E-state index in [0.29, 0.717) is 27.9 Å². The van der Waals surface area contributed by atoms with Crippen LogP contribution in [0.5, 0.6) is 11.5 Å². The van der Waals surface area contributed by atoms with Crippen molar-refractivity contribution in [1.82, 2.24) is 4.98 Å². The molecule has 0 aliphatic rings. The fraction of sp³-hybridized carbons (Fsp3) is 0.200. The van der Waals surface area contributed by atoms with Crippen LogP contribution in [-0.4, -0.2) is 16.7 Å². The number of hydrogen-bond donors (Lipinski definition) is 2. The quantitative estimate of drug-likeness (QED) is 0.845. The first kappa shape index (κ1) is 16.4. The standard InChI is InChI=1S/C15H12BrClN2O3/c1-3-22-11-5-9(12(16)13(17)14(11)20)8-4-7(2)19-15(21)10(8)6-18/h4-5,20H,3H2,1-2H3,(H,19,21). The van der Waals surface area contributed by atoms with E-state index < -0.39 is 5.56 Å². The van der Waals surface area contributed by atoms with Crippen LogP contribution in [0, 0.1) is 18.3 Å². The molecule has 0 unspecified atom stereocenters. The van der Waals surface area contributed by atoms with Gasteiger partial charge in [0.05, 0.1) is 6.61 Å². The van der Waals surface area contributed by atoms with Crippen LogP contribution in [0.1, 0.15) is 18.2 Å². The maximum Gasteiger partial charge on any atom is 0.266 e.